The van der Waals surface area contributed by atoms with E-state index in [0.29, 0.717) is 0 Å². The third-order valence-corrected chi connectivity index (χ3v) is 3.86. The van der Waals surface area contributed by atoms with Crippen molar-refractivity contribution in [2.24, 2.45) is 0 Å². The van der Waals surface area contributed by atoms with Crippen LogP contribution in [0, 0.1) is 0 Å². The lowest BCUT2D eigenvalue weighted by Gasteiger charge is -2.29. The lowest BCUT2D eigenvalue weighted by atomic mass is 10.3. The van der Waals surface area contributed by atoms with E-state index in [9.17, 15) is 0 Å². The molecule has 1 aliphatic heterocycles. The predicted octanol–water partition coefficient (Wildman–Crippen LogP) is 1.53. The molecule has 0 unspecified atom stereocenters. The average molecular weight is 263 g/mol. The number of aromatic nitrogens is 2. The summed E-state index contributed by atoms with van der Waals surface area (Å²) in [6.07, 6.45) is 0. The number of hydrogen-bond donors (Lipinski definition) is 2. The van der Waals surface area contributed by atoms with E-state index < -0.39 is 0 Å². The van der Waals surface area contributed by atoms with E-state index in [2.05, 4.69) is 43.9 Å². The molecule has 0 amide bonds. The maximum atomic E-state index is 4.67. The van der Waals surface area contributed by atoms with Crippen LogP contribution in [-0.2, 0) is 0 Å². The number of anilines is 2. The topological polar surface area (TPSA) is 53.1 Å². The summed E-state index contributed by atoms with van der Waals surface area (Å²) in [7, 11) is 0. The Bertz CT molecular complexity index is 532. The van der Waals surface area contributed by atoms with Crippen molar-refractivity contribution >= 4 is 33.3 Å². The number of nitrogens with zero attached hydrogens (tertiary/aromatic N) is 3. The van der Waals surface area contributed by atoms with Gasteiger partial charge < -0.3 is 15.5 Å². The predicted molar refractivity (Wildman–Crippen MR) is 76.7 cm³/mol. The van der Waals surface area contributed by atoms with Crippen LogP contribution in [0.25, 0.3) is 10.2 Å². The van der Waals surface area contributed by atoms with Crippen molar-refractivity contribution in [1.29, 1.82) is 0 Å². The molecule has 3 rings (SSSR count). The van der Waals surface area contributed by atoms with Crippen LogP contribution in [0.3, 0.4) is 0 Å². The van der Waals surface area contributed by atoms with E-state index in [1.54, 1.807) is 11.3 Å². The summed E-state index contributed by atoms with van der Waals surface area (Å²) in [6, 6.07) is 2.12. The smallest absolute Gasteiger partial charge is 0.226 e. The molecule has 18 heavy (non-hydrogen) atoms. The van der Waals surface area contributed by atoms with Gasteiger partial charge in [0.1, 0.15) is 10.6 Å². The molecule has 0 bridgehead atoms. The molecule has 6 heteroatoms. The number of fused-ring (bicyclic) bond motifs is 1. The molecule has 0 saturated carbocycles. The third-order valence-electron chi connectivity index (χ3n) is 3.06. The lowest BCUT2D eigenvalue weighted by Crippen LogP contribution is -2.44. The molecule has 3 heterocycles. The fourth-order valence-corrected chi connectivity index (χ4v) is 2.95. The SMILES string of the molecule is CCNc1nc(N2CCNCC2)c2ccsc2n1. The van der Waals surface area contributed by atoms with Crippen molar-refractivity contribution in [3.63, 3.8) is 0 Å². The molecule has 1 aliphatic rings. The van der Waals surface area contributed by atoms with Crippen molar-refractivity contribution in [3.8, 4) is 0 Å². The number of nitrogens with one attached hydrogen (secondary N) is 2. The van der Waals surface area contributed by atoms with Gasteiger partial charge in [-0.1, -0.05) is 0 Å². The van der Waals surface area contributed by atoms with E-state index in [-0.39, 0.29) is 0 Å². The van der Waals surface area contributed by atoms with Crippen LogP contribution >= 0.6 is 11.3 Å². The second-order valence-electron chi connectivity index (χ2n) is 4.28. The van der Waals surface area contributed by atoms with Gasteiger partial charge in [-0.2, -0.15) is 4.98 Å². The molecule has 0 aliphatic carbocycles. The number of piperazine rings is 1. The van der Waals surface area contributed by atoms with E-state index in [1.165, 1.54) is 5.39 Å². The molecular formula is C12H17N5S. The zero-order valence-electron chi connectivity index (χ0n) is 10.4. The zero-order chi connectivity index (χ0) is 12.4. The fourth-order valence-electron chi connectivity index (χ4n) is 2.19. The summed E-state index contributed by atoms with van der Waals surface area (Å²) >= 11 is 1.67. The van der Waals surface area contributed by atoms with Crippen LogP contribution in [0.2, 0.25) is 0 Å². The van der Waals surface area contributed by atoms with E-state index in [0.717, 1.165) is 49.3 Å². The maximum absolute atomic E-state index is 4.67. The summed E-state index contributed by atoms with van der Waals surface area (Å²) < 4.78 is 0. The Morgan fingerprint density at radius 2 is 2.22 bits per heavy atom. The molecule has 0 aromatic carbocycles. The van der Waals surface area contributed by atoms with Gasteiger partial charge in [-0.3, -0.25) is 0 Å². The maximum Gasteiger partial charge on any atom is 0.226 e. The Balaban J connectivity index is 2.03. The van der Waals surface area contributed by atoms with Crippen molar-refractivity contribution in [3.05, 3.63) is 11.4 Å². The first-order valence-electron chi connectivity index (χ1n) is 6.33. The Labute approximate surface area is 110 Å². The molecule has 2 aromatic heterocycles. The molecule has 0 atom stereocenters. The van der Waals surface area contributed by atoms with Gasteiger partial charge in [-0.15, -0.1) is 11.3 Å². The van der Waals surface area contributed by atoms with Crippen molar-refractivity contribution in [1.82, 2.24) is 15.3 Å². The lowest BCUT2D eigenvalue weighted by molar-refractivity contribution is 0.586. The summed E-state index contributed by atoms with van der Waals surface area (Å²) in [4.78, 5) is 12.6. The van der Waals surface area contributed by atoms with Crippen LogP contribution in [0.5, 0.6) is 0 Å². The number of rotatable bonds is 3. The van der Waals surface area contributed by atoms with Crippen molar-refractivity contribution < 1.29 is 0 Å². The minimum atomic E-state index is 0.737. The fraction of sp³-hybridized carbons (Fsp3) is 0.500. The van der Waals surface area contributed by atoms with Crippen molar-refractivity contribution in [2.45, 2.75) is 6.92 Å². The van der Waals surface area contributed by atoms with Gasteiger partial charge in [-0.05, 0) is 18.4 Å². The average Bonchev–Trinajstić information content (AvgIpc) is 2.87. The van der Waals surface area contributed by atoms with Crippen LogP contribution in [0.15, 0.2) is 11.4 Å². The van der Waals surface area contributed by atoms with Gasteiger partial charge >= 0.3 is 0 Å². The Morgan fingerprint density at radius 3 is 3.00 bits per heavy atom. The minimum absolute atomic E-state index is 0.737. The second-order valence-corrected chi connectivity index (χ2v) is 5.17. The van der Waals surface area contributed by atoms with Gasteiger partial charge in [0, 0.05) is 32.7 Å². The Kier molecular flexibility index (Phi) is 3.29. The first-order valence-corrected chi connectivity index (χ1v) is 7.21. The molecule has 96 valence electrons. The van der Waals surface area contributed by atoms with Crippen LogP contribution in [0.1, 0.15) is 6.92 Å². The molecule has 2 aromatic rings. The second kappa shape index (κ2) is 5.07. The van der Waals surface area contributed by atoms with E-state index in [4.69, 9.17) is 0 Å². The van der Waals surface area contributed by atoms with Crippen molar-refractivity contribution in [2.75, 3.05) is 42.9 Å². The van der Waals surface area contributed by atoms with Crippen LogP contribution < -0.4 is 15.5 Å². The highest BCUT2D eigenvalue weighted by Gasteiger charge is 2.17. The standard InChI is InChI=1S/C12H17N5S/c1-2-14-12-15-10(17-6-4-13-5-7-17)9-3-8-18-11(9)16-12/h3,8,13H,2,4-7H2,1H3,(H,14,15,16). The van der Waals surface area contributed by atoms with Gasteiger partial charge in [0.2, 0.25) is 5.95 Å². The first-order chi connectivity index (χ1) is 8.88. The van der Waals surface area contributed by atoms with E-state index >= 15 is 0 Å². The first kappa shape index (κ1) is 11.7. The highest BCUT2D eigenvalue weighted by molar-refractivity contribution is 7.16. The third kappa shape index (κ3) is 2.13. The largest absolute Gasteiger partial charge is 0.354 e. The summed E-state index contributed by atoms with van der Waals surface area (Å²) in [5.74, 6) is 1.81. The van der Waals surface area contributed by atoms with Crippen LogP contribution in [-0.4, -0.2) is 42.7 Å². The summed E-state index contributed by atoms with van der Waals surface area (Å²) in [6.45, 7) is 6.96. The quantitative estimate of drug-likeness (QED) is 0.879. The normalized spacial score (nSPS) is 16.2. The zero-order valence-corrected chi connectivity index (χ0v) is 11.3. The molecule has 2 N–H and O–H groups in total. The van der Waals surface area contributed by atoms with Gasteiger partial charge in [0.15, 0.2) is 0 Å². The molecule has 5 nitrogen and oxygen atoms in total. The minimum Gasteiger partial charge on any atom is -0.354 e. The summed E-state index contributed by atoms with van der Waals surface area (Å²) in [5, 5.41) is 9.83. The highest BCUT2D eigenvalue weighted by atomic mass is 32.1. The van der Waals surface area contributed by atoms with Gasteiger partial charge in [0.25, 0.3) is 0 Å². The molecule has 1 saturated heterocycles. The van der Waals surface area contributed by atoms with Crippen LogP contribution in [0.4, 0.5) is 11.8 Å². The van der Waals surface area contributed by atoms with E-state index in [1.807, 2.05) is 0 Å². The Hall–Kier alpha value is -1.40. The van der Waals surface area contributed by atoms with Gasteiger partial charge in [-0.25, -0.2) is 4.98 Å². The molecule has 0 spiro atoms. The van der Waals surface area contributed by atoms with Gasteiger partial charge in [0.05, 0.1) is 5.39 Å². The molecule has 1 fully saturated rings. The monoisotopic (exact) mass is 263 g/mol. The number of hydrogen-bond acceptors (Lipinski definition) is 6. The highest BCUT2D eigenvalue weighted by Crippen LogP contribution is 2.29. The number of thiophene rings is 1. The molecule has 0 radical (unpaired) electrons. The molecular weight excluding hydrogens is 246 g/mol. The Morgan fingerprint density at radius 1 is 1.39 bits per heavy atom. The summed E-state index contributed by atoms with van der Waals surface area (Å²) in [5.41, 5.74) is 0.